The molecule has 0 heterocycles. The van der Waals surface area contributed by atoms with Gasteiger partial charge in [0.25, 0.3) is 0 Å². The molecule has 0 aliphatic heterocycles. The number of hydrogen-bond acceptors (Lipinski definition) is 0. The first-order chi connectivity index (χ1) is 7.83. The molecule has 0 fully saturated rings. The molecule has 0 nitrogen and oxygen atoms in total. The summed E-state index contributed by atoms with van der Waals surface area (Å²) in [5.41, 5.74) is 2.41. The Hall–Kier alpha value is 0.307. The predicted molar refractivity (Wildman–Crippen MR) is 86.8 cm³/mol. The fourth-order valence-electron chi connectivity index (χ4n) is 1.90. The van der Waals surface area contributed by atoms with Gasteiger partial charge in [-0.05, 0) is 27.1 Å². The summed E-state index contributed by atoms with van der Waals surface area (Å²) in [6.07, 6.45) is 0. The van der Waals surface area contributed by atoms with Crippen LogP contribution in [0.3, 0.4) is 0 Å². The molecular weight excluding hydrogens is 303 g/mol. The van der Waals surface area contributed by atoms with Gasteiger partial charge in [0.05, 0.1) is 0 Å². The van der Waals surface area contributed by atoms with Crippen molar-refractivity contribution in [3.05, 3.63) is 29.3 Å². The second-order valence-electron chi connectivity index (χ2n) is 6.76. The van der Waals surface area contributed by atoms with Crippen molar-refractivity contribution in [2.45, 2.75) is 52.4 Å². The molecule has 0 unspecified atom stereocenters. The summed E-state index contributed by atoms with van der Waals surface area (Å²) in [4.78, 5) is 0. The van der Waals surface area contributed by atoms with Crippen molar-refractivity contribution in [2.75, 3.05) is 0 Å². The van der Waals surface area contributed by atoms with Crippen LogP contribution >= 0.6 is 33.2 Å². The first-order valence-corrected chi connectivity index (χ1v) is 11.1. The van der Waals surface area contributed by atoms with Crippen LogP contribution < -0.4 is 5.19 Å². The third-order valence-electron chi connectivity index (χ3n) is 3.00. The van der Waals surface area contributed by atoms with Crippen molar-refractivity contribution < 1.29 is 0 Å². The minimum Gasteiger partial charge on any atom is -0.121 e. The maximum Gasteiger partial charge on any atom is 0.373 e. The average Bonchev–Trinajstić information content (AvgIpc) is 2.12. The number of benzene rings is 1. The van der Waals surface area contributed by atoms with Gasteiger partial charge in [0, 0.05) is 0 Å². The van der Waals surface area contributed by atoms with Crippen LogP contribution in [-0.2, 0) is 10.8 Å². The lowest BCUT2D eigenvalue weighted by Gasteiger charge is -2.28. The van der Waals surface area contributed by atoms with Gasteiger partial charge in [0.2, 0.25) is 0 Å². The van der Waals surface area contributed by atoms with Crippen molar-refractivity contribution >= 4 is 44.4 Å². The highest BCUT2D eigenvalue weighted by atomic mass is 35.8. The first-order valence-electron chi connectivity index (χ1n) is 6.05. The molecule has 4 heteroatoms. The topological polar surface area (TPSA) is 0 Å². The Morgan fingerprint density at radius 3 is 1.67 bits per heavy atom. The molecule has 1 aromatic carbocycles. The maximum absolute atomic E-state index is 6.26. The van der Waals surface area contributed by atoms with Gasteiger partial charge in [-0.25, -0.2) is 0 Å². The molecule has 1 aromatic rings. The largest absolute Gasteiger partial charge is 0.373 e. The van der Waals surface area contributed by atoms with E-state index in [4.69, 9.17) is 33.2 Å². The fraction of sp³-hybridized carbons (Fsp3) is 0.571. The summed E-state index contributed by atoms with van der Waals surface area (Å²) >= 11 is 18.8. The van der Waals surface area contributed by atoms with Crippen molar-refractivity contribution in [3.8, 4) is 0 Å². The summed E-state index contributed by atoms with van der Waals surface area (Å²) in [5.74, 6) is 0. The second-order valence-corrected chi connectivity index (χ2v) is 15.1. The van der Waals surface area contributed by atoms with Crippen molar-refractivity contribution in [2.24, 2.45) is 0 Å². The van der Waals surface area contributed by atoms with Crippen molar-refractivity contribution in [1.82, 2.24) is 0 Å². The molecule has 18 heavy (non-hydrogen) atoms. The molecule has 0 amide bonds. The average molecular weight is 324 g/mol. The van der Waals surface area contributed by atoms with E-state index in [9.17, 15) is 0 Å². The molecular formula is C14H21Cl3Si. The normalized spacial score (nSPS) is 13.8. The third kappa shape index (κ3) is 3.90. The predicted octanol–water partition coefficient (Wildman–Crippen LogP) is 5.14. The van der Waals surface area contributed by atoms with Gasteiger partial charge in [-0.15, -0.1) is 33.2 Å². The van der Waals surface area contributed by atoms with Gasteiger partial charge in [-0.2, -0.15) is 0 Å². The Labute approximate surface area is 126 Å². The van der Waals surface area contributed by atoms with Crippen LogP contribution in [0.5, 0.6) is 0 Å². The van der Waals surface area contributed by atoms with Crippen LogP contribution in [-0.4, -0.2) is 6.00 Å². The van der Waals surface area contributed by atoms with Crippen LogP contribution in [0.15, 0.2) is 18.2 Å². The molecule has 0 atom stereocenters. The smallest absolute Gasteiger partial charge is 0.121 e. The number of hydrogen-bond donors (Lipinski definition) is 0. The van der Waals surface area contributed by atoms with E-state index < -0.39 is 6.00 Å². The minimum atomic E-state index is -2.88. The third-order valence-corrected chi connectivity index (χ3v) is 5.86. The summed E-state index contributed by atoms with van der Waals surface area (Å²) in [6.45, 7) is 12.9. The molecule has 102 valence electrons. The zero-order valence-electron chi connectivity index (χ0n) is 11.9. The Balaban J connectivity index is 3.50. The molecule has 0 saturated carbocycles. The van der Waals surface area contributed by atoms with Crippen molar-refractivity contribution in [1.29, 1.82) is 0 Å². The molecule has 0 aliphatic carbocycles. The minimum absolute atomic E-state index is 0.0112. The van der Waals surface area contributed by atoms with Crippen LogP contribution in [0.25, 0.3) is 0 Å². The quantitative estimate of drug-likeness (QED) is 0.495. The first kappa shape index (κ1) is 16.4. The molecule has 0 N–H and O–H groups in total. The van der Waals surface area contributed by atoms with E-state index in [0.717, 1.165) is 10.8 Å². The van der Waals surface area contributed by atoms with Crippen LogP contribution in [0.4, 0.5) is 0 Å². The van der Waals surface area contributed by atoms with Gasteiger partial charge >= 0.3 is 6.00 Å². The molecule has 0 saturated heterocycles. The van der Waals surface area contributed by atoms with E-state index in [1.165, 1.54) is 5.56 Å². The lowest BCUT2D eigenvalue weighted by molar-refractivity contribution is 0.580. The number of halogens is 3. The maximum atomic E-state index is 6.26. The Bertz CT molecular complexity index is 434. The van der Waals surface area contributed by atoms with E-state index in [1.54, 1.807) is 0 Å². The summed E-state index contributed by atoms with van der Waals surface area (Å²) in [6, 6.07) is 3.47. The zero-order valence-corrected chi connectivity index (χ0v) is 15.1. The standard InChI is InChI=1S/C14H21Cl3Si/c1-13(2,3)10-7-8-11(14(4,5)6)12(9-10)18(15,16)17/h7-9H,1-6H3. The number of rotatable bonds is 1. The molecule has 0 aromatic heterocycles. The van der Waals surface area contributed by atoms with Gasteiger partial charge in [0.15, 0.2) is 0 Å². The lowest BCUT2D eigenvalue weighted by atomic mass is 9.82. The van der Waals surface area contributed by atoms with Gasteiger partial charge in [-0.1, -0.05) is 59.7 Å². The zero-order chi connectivity index (χ0) is 14.4. The summed E-state index contributed by atoms with van der Waals surface area (Å²) in [5, 5.41) is 0.924. The van der Waals surface area contributed by atoms with Crippen molar-refractivity contribution in [3.63, 3.8) is 0 Å². The van der Waals surface area contributed by atoms with Crippen LogP contribution in [0.1, 0.15) is 52.7 Å². The van der Waals surface area contributed by atoms with Crippen LogP contribution in [0, 0.1) is 0 Å². The monoisotopic (exact) mass is 322 g/mol. The molecule has 1 rings (SSSR count). The highest BCUT2D eigenvalue weighted by Gasteiger charge is 2.35. The summed E-state index contributed by atoms with van der Waals surface area (Å²) < 4.78 is 0. The van der Waals surface area contributed by atoms with Gasteiger partial charge in [0.1, 0.15) is 0 Å². The summed E-state index contributed by atoms with van der Waals surface area (Å²) in [7, 11) is 0. The van der Waals surface area contributed by atoms with E-state index in [1.807, 2.05) is 0 Å². The molecule has 0 aliphatic rings. The fourth-order valence-corrected chi connectivity index (χ4v) is 4.39. The van der Waals surface area contributed by atoms with E-state index in [2.05, 4.69) is 59.7 Å². The highest BCUT2D eigenvalue weighted by Crippen LogP contribution is 2.31. The van der Waals surface area contributed by atoms with E-state index in [0.29, 0.717) is 0 Å². The van der Waals surface area contributed by atoms with E-state index >= 15 is 0 Å². The SMILES string of the molecule is CC(C)(C)c1ccc(C(C)(C)C)c([Si](Cl)(Cl)Cl)c1. The second kappa shape index (κ2) is 5.01. The Morgan fingerprint density at radius 2 is 1.33 bits per heavy atom. The highest BCUT2D eigenvalue weighted by molar-refractivity contribution is 7.69. The van der Waals surface area contributed by atoms with Crippen LogP contribution in [0.2, 0.25) is 0 Å². The van der Waals surface area contributed by atoms with Gasteiger partial charge in [-0.3, -0.25) is 0 Å². The Morgan fingerprint density at radius 1 is 0.833 bits per heavy atom. The van der Waals surface area contributed by atoms with Gasteiger partial charge < -0.3 is 0 Å². The molecule has 0 spiro atoms. The Kier molecular flexibility index (Phi) is 4.55. The lowest BCUT2D eigenvalue weighted by Crippen LogP contribution is -2.38. The molecule has 0 radical (unpaired) electrons. The molecule has 0 bridgehead atoms. The van der Waals surface area contributed by atoms with E-state index in [-0.39, 0.29) is 10.8 Å².